The number of anilines is 4. The number of carbonyl (C=O) groups excluding carboxylic acids is 1. The molecule has 0 atom stereocenters. The molecule has 4 bridgehead atoms. The first-order chi connectivity index (χ1) is 21.3. The normalized spacial score (nSPS) is 25.2. The fourth-order valence-corrected chi connectivity index (χ4v) is 8.44. The van der Waals surface area contributed by atoms with E-state index in [-0.39, 0.29) is 22.9 Å². The Labute approximate surface area is 256 Å². The Morgan fingerprint density at radius 1 is 0.977 bits per heavy atom. The lowest BCUT2D eigenvalue weighted by Gasteiger charge is -2.57. The van der Waals surface area contributed by atoms with E-state index >= 15 is 0 Å². The summed E-state index contributed by atoms with van der Waals surface area (Å²) in [5, 5.41) is 11.0. The van der Waals surface area contributed by atoms with Gasteiger partial charge in [0.25, 0.3) is 5.56 Å². The minimum Gasteiger partial charge on any atom is -0.494 e. The summed E-state index contributed by atoms with van der Waals surface area (Å²) in [6, 6.07) is 15.1. The van der Waals surface area contributed by atoms with Crippen molar-refractivity contribution in [3.63, 3.8) is 0 Å². The summed E-state index contributed by atoms with van der Waals surface area (Å²) in [4.78, 5) is 35.1. The van der Waals surface area contributed by atoms with E-state index in [0.29, 0.717) is 28.7 Å². The number of amides is 1. The molecule has 44 heavy (non-hydrogen) atoms. The number of hydrogen-bond donors (Lipinski definition) is 3. The van der Waals surface area contributed by atoms with E-state index in [0.717, 1.165) is 52.9 Å². The van der Waals surface area contributed by atoms with Crippen LogP contribution in [0, 0.1) is 30.6 Å². The molecule has 5 fully saturated rings. The van der Waals surface area contributed by atoms with E-state index < -0.39 is 0 Å². The third-order valence-electron chi connectivity index (χ3n) is 10.2. The zero-order valence-electron chi connectivity index (χ0n) is 25.2. The molecule has 0 radical (unpaired) electrons. The number of methoxy groups -OCH3 is 1. The zero-order valence-corrected chi connectivity index (χ0v) is 25.2. The molecular formula is C35H38N6O3. The van der Waals surface area contributed by atoms with Crippen LogP contribution in [-0.4, -0.2) is 33.1 Å². The fourth-order valence-electron chi connectivity index (χ4n) is 8.44. The number of carbonyl (C=O) groups is 1. The van der Waals surface area contributed by atoms with Gasteiger partial charge >= 0.3 is 0 Å². The molecule has 0 saturated heterocycles. The second-order valence-corrected chi connectivity index (χ2v) is 13.6. The highest BCUT2D eigenvalue weighted by atomic mass is 16.5. The Balaban J connectivity index is 1.09. The van der Waals surface area contributed by atoms with Crippen LogP contribution in [0.5, 0.6) is 5.75 Å². The molecule has 1 amide bonds. The highest BCUT2D eigenvalue weighted by Crippen LogP contribution is 2.56. The molecule has 2 aromatic carbocycles. The second kappa shape index (κ2) is 10.4. The number of pyridine rings is 1. The lowest BCUT2D eigenvalue weighted by Crippen LogP contribution is -2.54. The average molecular weight is 591 g/mol. The Kier molecular flexibility index (Phi) is 6.39. The summed E-state index contributed by atoms with van der Waals surface area (Å²) in [7, 11) is 1.67. The first-order valence-electron chi connectivity index (χ1n) is 15.9. The second-order valence-electron chi connectivity index (χ2n) is 13.6. The molecule has 2 heterocycles. The Hall–Kier alpha value is -4.40. The van der Waals surface area contributed by atoms with Crippen LogP contribution in [0.1, 0.15) is 56.9 Å². The van der Waals surface area contributed by atoms with Crippen LogP contribution in [0.3, 0.4) is 0 Å². The first-order valence-corrected chi connectivity index (χ1v) is 15.9. The van der Waals surface area contributed by atoms with Crippen molar-refractivity contribution in [1.29, 1.82) is 0 Å². The Morgan fingerprint density at radius 2 is 1.73 bits per heavy atom. The van der Waals surface area contributed by atoms with Crippen molar-refractivity contribution in [2.75, 3.05) is 23.1 Å². The maximum absolute atomic E-state index is 13.3. The summed E-state index contributed by atoms with van der Waals surface area (Å²) >= 11 is 0. The SMILES string of the molecule is COc1cc(NC23CC4CC(CC(C4)C2)C3)ccc1Nc1ncc2c(C)cc(=O)n(-c3cccc(NC(=O)C4CC4)c3)c2n1. The number of ether oxygens (including phenoxy) is 1. The van der Waals surface area contributed by atoms with Crippen LogP contribution in [0.15, 0.2) is 59.5 Å². The van der Waals surface area contributed by atoms with Crippen LogP contribution in [-0.2, 0) is 4.79 Å². The van der Waals surface area contributed by atoms with E-state index in [9.17, 15) is 9.59 Å². The lowest BCUT2D eigenvalue weighted by atomic mass is 9.53. The number of nitrogens with one attached hydrogen (secondary N) is 3. The molecule has 0 aliphatic heterocycles. The molecule has 0 spiro atoms. The van der Waals surface area contributed by atoms with Gasteiger partial charge in [0, 0.05) is 46.5 Å². The molecule has 9 rings (SSSR count). The van der Waals surface area contributed by atoms with Gasteiger partial charge in [-0.3, -0.25) is 14.2 Å². The molecule has 5 aliphatic rings. The smallest absolute Gasteiger partial charge is 0.257 e. The predicted octanol–water partition coefficient (Wildman–Crippen LogP) is 6.57. The van der Waals surface area contributed by atoms with Gasteiger partial charge < -0.3 is 20.7 Å². The van der Waals surface area contributed by atoms with E-state index in [1.165, 1.54) is 38.5 Å². The van der Waals surface area contributed by atoms with E-state index in [4.69, 9.17) is 9.72 Å². The maximum atomic E-state index is 13.3. The van der Waals surface area contributed by atoms with Gasteiger partial charge in [0.2, 0.25) is 11.9 Å². The van der Waals surface area contributed by atoms with Gasteiger partial charge in [0.1, 0.15) is 5.75 Å². The van der Waals surface area contributed by atoms with Gasteiger partial charge in [-0.1, -0.05) is 6.07 Å². The van der Waals surface area contributed by atoms with Gasteiger partial charge in [-0.05, 0) is 112 Å². The maximum Gasteiger partial charge on any atom is 0.257 e. The third-order valence-corrected chi connectivity index (χ3v) is 10.2. The van der Waals surface area contributed by atoms with Crippen molar-refractivity contribution < 1.29 is 9.53 Å². The van der Waals surface area contributed by atoms with Crippen LogP contribution in [0.2, 0.25) is 0 Å². The highest BCUT2D eigenvalue weighted by molar-refractivity contribution is 5.94. The van der Waals surface area contributed by atoms with E-state index in [1.807, 2.05) is 37.3 Å². The minimum absolute atomic E-state index is 0.0187. The molecule has 2 aromatic heterocycles. The molecule has 3 N–H and O–H groups in total. The van der Waals surface area contributed by atoms with E-state index in [1.54, 1.807) is 23.9 Å². The zero-order chi connectivity index (χ0) is 30.0. The standard InChI is InChI=1S/C35H38N6O3/c1-20-10-31(42)41(27-5-3-4-25(14-27)37-33(43)24-6-7-24)32-28(20)19-36-34(39-32)38-29-9-8-26(15-30(29)44-2)40-35-16-21-11-22(17-35)13-23(12-21)18-35/h3-5,8-10,14-15,19,21-24,40H,6-7,11-13,16-18H2,1-2H3,(H,37,43)(H,36,38,39). The van der Waals surface area contributed by atoms with Gasteiger partial charge in [0.15, 0.2) is 5.65 Å². The van der Waals surface area contributed by atoms with E-state index in [2.05, 4.69) is 33.1 Å². The first kappa shape index (κ1) is 27.2. The van der Waals surface area contributed by atoms with Gasteiger partial charge in [-0.2, -0.15) is 4.98 Å². The molecular weight excluding hydrogens is 552 g/mol. The summed E-state index contributed by atoms with van der Waals surface area (Å²) in [5.41, 5.74) is 4.37. The van der Waals surface area contributed by atoms with Gasteiger partial charge in [-0.15, -0.1) is 0 Å². The topological polar surface area (TPSA) is 110 Å². The molecule has 0 unspecified atom stereocenters. The van der Waals surface area contributed by atoms with Crippen LogP contribution >= 0.6 is 0 Å². The average Bonchev–Trinajstić information content (AvgIpc) is 3.83. The third kappa shape index (κ3) is 4.98. The quantitative estimate of drug-likeness (QED) is 0.213. The molecule has 5 saturated carbocycles. The van der Waals surface area contributed by atoms with Crippen molar-refractivity contribution >= 4 is 40.0 Å². The number of rotatable bonds is 8. The summed E-state index contributed by atoms with van der Waals surface area (Å²) < 4.78 is 7.38. The van der Waals surface area contributed by atoms with Crippen LogP contribution < -0.4 is 26.2 Å². The summed E-state index contributed by atoms with van der Waals surface area (Å²) in [6.45, 7) is 1.88. The number of nitrogens with zero attached hydrogens (tertiary/aromatic N) is 3. The van der Waals surface area contributed by atoms with Crippen LogP contribution in [0.4, 0.5) is 23.0 Å². The van der Waals surface area contributed by atoms with Crippen molar-refractivity contribution in [1.82, 2.24) is 14.5 Å². The van der Waals surface area contributed by atoms with Crippen molar-refractivity contribution in [3.8, 4) is 11.4 Å². The number of aromatic nitrogens is 3. The molecule has 9 heteroatoms. The minimum atomic E-state index is -0.206. The number of hydrogen-bond acceptors (Lipinski definition) is 7. The molecule has 4 aromatic rings. The van der Waals surface area contributed by atoms with Gasteiger partial charge in [0.05, 0.1) is 18.5 Å². The molecule has 5 aliphatic carbocycles. The summed E-state index contributed by atoms with van der Waals surface area (Å²) in [5.74, 6) is 3.76. The molecule has 9 nitrogen and oxygen atoms in total. The Morgan fingerprint density at radius 3 is 2.43 bits per heavy atom. The Bertz CT molecular complexity index is 1810. The largest absolute Gasteiger partial charge is 0.494 e. The highest BCUT2D eigenvalue weighted by Gasteiger charge is 2.50. The monoisotopic (exact) mass is 590 g/mol. The molecule has 226 valence electrons. The van der Waals surface area contributed by atoms with Gasteiger partial charge in [-0.25, -0.2) is 4.98 Å². The number of benzene rings is 2. The van der Waals surface area contributed by atoms with Crippen molar-refractivity contribution in [2.24, 2.45) is 23.7 Å². The predicted molar refractivity (Wildman–Crippen MR) is 172 cm³/mol. The van der Waals surface area contributed by atoms with Crippen LogP contribution in [0.25, 0.3) is 16.7 Å². The number of fused-ring (bicyclic) bond motifs is 1. The van der Waals surface area contributed by atoms with Crippen molar-refractivity contribution in [3.05, 3.63) is 70.6 Å². The van der Waals surface area contributed by atoms with Crippen molar-refractivity contribution in [2.45, 2.75) is 63.8 Å². The summed E-state index contributed by atoms with van der Waals surface area (Å²) in [6.07, 6.45) is 11.6. The lowest BCUT2D eigenvalue weighted by molar-refractivity contribution is -0.117. The number of aryl methyl sites for hydroxylation is 1. The fraction of sp³-hybridized carbons (Fsp3) is 0.429.